The average molecular weight is 404 g/mol. The lowest BCUT2D eigenvalue weighted by molar-refractivity contribution is -0.125. The van der Waals surface area contributed by atoms with Gasteiger partial charge in [0.2, 0.25) is 6.10 Å². The molecule has 0 saturated carbocycles. The van der Waals surface area contributed by atoms with E-state index in [-0.39, 0.29) is 5.91 Å². The fraction of sp³-hybridized carbons (Fsp3) is 0.261. The molecule has 3 aromatic rings. The number of rotatable bonds is 6. The molecule has 1 N–H and O–H groups in total. The van der Waals surface area contributed by atoms with Crippen LogP contribution in [-0.4, -0.2) is 34.6 Å². The predicted octanol–water partition coefficient (Wildman–Crippen LogP) is 3.69. The molecule has 1 aliphatic rings. The van der Waals surface area contributed by atoms with Crippen molar-refractivity contribution in [2.24, 2.45) is 5.16 Å². The van der Waals surface area contributed by atoms with Gasteiger partial charge in [0.05, 0.1) is 19.4 Å². The van der Waals surface area contributed by atoms with Gasteiger partial charge in [-0.25, -0.2) is 0 Å². The number of amides is 1. The Morgan fingerprint density at radius 3 is 2.70 bits per heavy atom. The zero-order chi connectivity index (χ0) is 21.1. The minimum atomic E-state index is -0.677. The number of hydrogen-bond acceptors (Lipinski definition) is 5. The smallest absolute Gasteiger partial charge is 0.269 e. The number of aryl methyl sites for hydroxylation is 2. The first-order chi connectivity index (χ1) is 14.5. The number of nitrogens with zero attached hydrogens (tertiary/aromatic N) is 3. The van der Waals surface area contributed by atoms with Crippen LogP contribution in [0.2, 0.25) is 0 Å². The van der Waals surface area contributed by atoms with Gasteiger partial charge in [0.25, 0.3) is 5.91 Å². The Morgan fingerprint density at radius 2 is 1.97 bits per heavy atom. The molecule has 30 heavy (non-hydrogen) atoms. The molecule has 0 radical (unpaired) electrons. The standard InChI is InChI=1S/C23H24N4O3/c1-15-6-4-5-7-18(15)14-27-16(2)12-22(25-27)24-23(28)21-13-20(26-30-21)17-8-10-19(29-3)11-9-17/h4-12,21H,13-14H2,1-3H3,(H,24,25,28). The van der Waals surface area contributed by atoms with Crippen LogP contribution in [0.5, 0.6) is 5.75 Å². The van der Waals surface area contributed by atoms with Crippen molar-refractivity contribution in [1.82, 2.24) is 9.78 Å². The summed E-state index contributed by atoms with van der Waals surface area (Å²) in [6, 6.07) is 17.6. The van der Waals surface area contributed by atoms with E-state index in [0.29, 0.717) is 18.8 Å². The number of carbonyl (C=O) groups is 1. The fourth-order valence-corrected chi connectivity index (χ4v) is 3.36. The summed E-state index contributed by atoms with van der Waals surface area (Å²) in [6.07, 6.45) is -0.273. The van der Waals surface area contributed by atoms with Crippen molar-refractivity contribution >= 4 is 17.4 Å². The SMILES string of the molecule is COc1ccc(C2=NOC(C(=O)Nc3cc(C)n(Cc4ccccc4C)n3)C2)cc1. The number of benzene rings is 2. The van der Waals surface area contributed by atoms with Gasteiger partial charge in [-0.05, 0) is 54.8 Å². The van der Waals surface area contributed by atoms with E-state index in [9.17, 15) is 4.79 Å². The molecule has 7 nitrogen and oxygen atoms in total. The Hall–Kier alpha value is -3.61. The average Bonchev–Trinajstić information content (AvgIpc) is 3.37. The van der Waals surface area contributed by atoms with E-state index in [4.69, 9.17) is 9.57 Å². The lowest BCUT2D eigenvalue weighted by Gasteiger charge is -2.08. The molecular weight excluding hydrogens is 380 g/mol. The maximum atomic E-state index is 12.6. The molecule has 1 atom stereocenters. The zero-order valence-electron chi connectivity index (χ0n) is 17.3. The van der Waals surface area contributed by atoms with Crippen molar-refractivity contribution in [2.45, 2.75) is 32.9 Å². The summed E-state index contributed by atoms with van der Waals surface area (Å²) in [5, 5.41) is 11.5. The first-order valence-corrected chi connectivity index (χ1v) is 9.80. The topological polar surface area (TPSA) is 77.7 Å². The van der Waals surface area contributed by atoms with Crippen LogP contribution in [0.25, 0.3) is 0 Å². The normalized spacial score (nSPS) is 15.4. The monoisotopic (exact) mass is 404 g/mol. The van der Waals surface area contributed by atoms with Gasteiger partial charge in [0.15, 0.2) is 5.82 Å². The van der Waals surface area contributed by atoms with E-state index in [0.717, 1.165) is 22.7 Å². The van der Waals surface area contributed by atoms with E-state index in [1.54, 1.807) is 7.11 Å². The largest absolute Gasteiger partial charge is 0.497 e. The Bertz CT molecular complexity index is 1090. The van der Waals surface area contributed by atoms with Gasteiger partial charge >= 0.3 is 0 Å². The van der Waals surface area contributed by atoms with E-state index in [1.165, 1.54) is 11.1 Å². The highest BCUT2D eigenvalue weighted by Gasteiger charge is 2.29. The van der Waals surface area contributed by atoms with Crippen LogP contribution in [0, 0.1) is 13.8 Å². The van der Waals surface area contributed by atoms with E-state index < -0.39 is 6.10 Å². The third-order valence-electron chi connectivity index (χ3n) is 5.20. The summed E-state index contributed by atoms with van der Waals surface area (Å²) in [6.45, 7) is 4.70. The molecule has 154 valence electrons. The lowest BCUT2D eigenvalue weighted by Crippen LogP contribution is -2.28. The van der Waals surface area contributed by atoms with Gasteiger partial charge in [-0.1, -0.05) is 29.4 Å². The molecule has 1 unspecified atom stereocenters. The van der Waals surface area contributed by atoms with E-state index >= 15 is 0 Å². The van der Waals surface area contributed by atoms with Crippen LogP contribution < -0.4 is 10.1 Å². The molecule has 0 bridgehead atoms. The highest BCUT2D eigenvalue weighted by molar-refractivity contribution is 6.06. The summed E-state index contributed by atoms with van der Waals surface area (Å²) in [4.78, 5) is 18.0. The molecular formula is C23H24N4O3. The Morgan fingerprint density at radius 1 is 1.20 bits per heavy atom. The predicted molar refractivity (Wildman–Crippen MR) is 115 cm³/mol. The molecule has 1 aromatic heterocycles. The first-order valence-electron chi connectivity index (χ1n) is 9.80. The summed E-state index contributed by atoms with van der Waals surface area (Å²) >= 11 is 0. The second-order valence-corrected chi connectivity index (χ2v) is 7.31. The number of aromatic nitrogens is 2. The molecule has 0 fully saturated rings. The van der Waals surface area contributed by atoms with Crippen molar-refractivity contribution in [3.05, 3.63) is 77.0 Å². The second kappa shape index (κ2) is 8.41. The van der Waals surface area contributed by atoms with Gasteiger partial charge in [-0.2, -0.15) is 5.10 Å². The summed E-state index contributed by atoms with van der Waals surface area (Å²) < 4.78 is 7.05. The number of carbonyl (C=O) groups excluding carboxylic acids is 1. The molecule has 0 aliphatic carbocycles. The number of hydrogen-bond donors (Lipinski definition) is 1. The van der Waals surface area contributed by atoms with Crippen molar-refractivity contribution in [3.8, 4) is 5.75 Å². The molecule has 7 heteroatoms. The van der Waals surface area contributed by atoms with Crippen molar-refractivity contribution in [2.75, 3.05) is 12.4 Å². The highest BCUT2D eigenvalue weighted by atomic mass is 16.6. The Kier molecular flexibility index (Phi) is 5.52. The third-order valence-corrected chi connectivity index (χ3v) is 5.20. The summed E-state index contributed by atoms with van der Waals surface area (Å²) in [5.41, 5.74) is 5.01. The minimum Gasteiger partial charge on any atom is -0.497 e. The molecule has 2 heterocycles. The van der Waals surface area contributed by atoms with Crippen LogP contribution in [-0.2, 0) is 16.2 Å². The van der Waals surface area contributed by atoms with Gasteiger partial charge in [0, 0.05) is 18.2 Å². The van der Waals surface area contributed by atoms with Crippen molar-refractivity contribution in [3.63, 3.8) is 0 Å². The second-order valence-electron chi connectivity index (χ2n) is 7.31. The lowest BCUT2D eigenvalue weighted by atomic mass is 10.0. The molecule has 1 aliphatic heterocycles. The van der Waals surface area contributed by atoms with E-state index in [1.807, 2.05) is 54.1 Å². The molecule has 1 amide bonds. The fourth-order valence-electron chi connectivity index (χ4n) is 3.36. The molecule has 0 saturated heterocycles. The Balaban J connectivity index is 1.38. The van der Waals surface area contributed by atoms with Gasteiger partial charge in [-0.15, -0.1) is 0 Å². The number of ether oxygens (including phenoxy) is 1. The molecule has 0 spiro atoms. The summed E-state index contributed by atoms with van der Waals surface area (Å²) in [5.74, 6) is 1.01. The first kappa shape index (κ1) is 19.7. The molecule has 4 rings (SSSR count). The van der Waals surface area contributed by atoms with Gasteiger partial charge in [0.1, 0.15) is 5.75 Å². The van der Waals surface area contributed by atoms with Crippen molar-refractivity contribution in [1.29, 1.82) is 0 Å². The van der Waals surface area contributed by atoms with Crippen LogP contribution in [0.3, 0.4) is 0 Å². The zero-order valence-corrected chi connectivity index (χ0v) is 17.3. The van der Waals surface area contributed by atoms with Gasteiger partial charge < -0.3 is 14.9 Å². The van der Waals surface area contributed by atoms with Gasteiger partial charge in [-0.3, -0.25) is 9.48 Å². The van der Waals surface area contributed by atoms with Crippen LogP contribution in [0.4, 0.5) is 5.82 Å². The van der Waals surface area contributed by atoms with Crippen LogP contribution in [0.1, 0.15) is 28.8 Å². The quantitative estimate of drug-likeness (QED) is 0.680. The minimum absolute atomic E-state index is 0.261. The highest BCUT2D eigenvalue weighted by Crippen LogP contribution is 2.21. The third kappa shape index (κ3) is 4.20. The van der Waals surface area contributed by atoms with Crippen LogP contribution in [0.15, 0.2) is 59.8 Å². The van der Waals surface area contributed by atoms with Crippen molar-refractivity contribution < 1.29 is 14.4 Å². The summed E-state index contributed by atoms with van der Waals surface area (Å²) in [7, 11) is 1.62. The number of methoxy groups -OCH3 is 1. The number of nitrogens with one attached hydrogen (secondary N) is 1. The van der Waals surface area contributed by atoms with E-state index in [2.05, 4.69) is 34.6 Å². The van der Waals surface area contributed by atoms with Crippen LogP contribution >= 0.6 is 0 Å². The number of oxime groups is 1. The maximum absolute atomic E-state index is 12.6. The molecule has 2 aromatic carbocycles. The maximum Gasteiger partial charge on any atom is 0.269 e. The number of anilines is 1. The Labute approximate surface area is 175 Å².